The molecule has 25 heavy (non-hydrogen) atoms. The third-order valence-corrected chi connectivity index (χ3v) is 4.00. The number of furan rings is 1. The van der Waals surface area contributed by atoms with E-state index >= 15 is 0 Å². The molecule has 1 fully saturated rings. The van der Waals surface area contributed by atoms with Crippen LogP contribution in [0.1, 0.15) is 23.3 Å². The summed E-state index contributed by atoms with van der Waals surface area (Å²) in [5, 5.41) is 6.67. The van der Waals surface area contributed by atoms with Gasteiger partial charge in [-0.3, -0.25) is 9.89 Å². The lowest BCUT2D eigenvalue weighted by molar-refractivity contribution is -0.117. The van der Waals surface area contributed by atoms with Gasteiger partial charge in [-0.2, -0.15) is 5.10 Å². The first-order valence-electron chi connectivity index (χ1n) is 7.92. The standard InChI is InChI=1S/C18H15N3O4/c22-17-4-1-9-21(17)12-5-7-13(8-6-12)25-18(23)15-11-14(19-20-15)16-3-2-10-24-16/h2-3,5-8,10-11H,1,4,9H2,(H,19,20). The summed E-state index contributed by atoms with van der Waals surface area (Å²) < 4.78 is 10.6. The number of ether oxygens (including phenoxy) is 1. The van der Waals surface area contributed by atoms with E-state index < -0.39 is 5.97 Å². The second-order valence-corrected chi connectivity index (χ2v) is 5.68. The molecule has 1 aliphatic rings. The number of esters is 1. The predicted molar refractivity (Wildman–Crippen MR) is 89.3 cm³/mol. The molecule has 126 valence electrons. The molecular weight excluding hydrogens is 322 g/mol. The van der Waals surface area contributed by atoms with E-state index in [1.807, 2.05) is 0 Å². The highest BCUT2D eigenvalue weighted by Gasteiger charge is 2.21. The van der Waals surface area contributed by atoms with Crippen LogP contribution in [0, 0.1) is 0 Å². The number of aromatic amines is 1. The Labute approximate surface area is 143 Å². The summed E-state index contributed by atoms with van der Waals surface area (Å²) in [6.07, 6.45) is 2.98. The minimum Gasteiger partial charge on any atom is -0.463 e. The number of nitrogens with zero attached hydrogens (tertiary/aromatic N) is 2. The van der Waals surface area contributed by atoms with Gasteiger partial charge in [-0.05, 0) is 42.8 Å². The van der Waals surface area contributed by atoms with E-state index in [1.165, 1.54) is 6.26 Å². The first-order chi connectivity index (χ1) is 12.2. The Morgan fingerprint density at radius 2 is 2.08 bits per heavy atom. The van der Waals surface area contributed by atoms with Gasteiger partial charge in [0.15, 0.2) is 5.76 Å². The minimum atomic E-state index is -0.546. The first-order valence-corrected chi connectivity index (χ1v) is 7.92. The van der Waals surface area contributed by atoms with Gasteiger partial charge in [-0.15, -0.1) is 0 Å². The topological polar surface area (TPSA) is 88.4 Å². The zero-order valence-electron chi connectivity index (χ0n) is 13.3. The average molecular weight is 337 g/mol. The van der Waals surface area contributed by atoms with Gasteiger partial charge in [0.2, 0.25) is 5.91 Å². The molecule has 1 aliphatic heterocycles. The van der Waals surface area contributed by atoms with Gasteiger partial charge in [-0.1, -0.05) is 0 Å². The van der Waals surface area contributed by atoms with Crippen molar-refractivity contribution in [3.63, 3.8) is 0 Å². The van der Waals surface area contributed by atoms with E-state index in [0.717, 1.165) is 18.7 Å². The number of H-pyrrole nitrogens is 1. The van der Waals surface area contributed by atoms with Gasteiger partial charge in [0.25, 0.3) is 0 Å². The summed E-state index contributed by atoms with van der Waals surface area (Å²) in [6.45, 7) is 0.724. The summed E-state index contributed by atoms with van der Waals surface area (Å²) in [4.78, 5) is 25.7. The molecule has 0 bridgehead atoms. The second-order valence-electron chi connectivity index (χ2n) is 5.68. The summed E-state index contributed by atoms with van der Waals surface area (Å²) in [7, 11) is 0. The number of nitrogens with one attached hydrogen (secondary N) is 1. The molecule has 1 saturated heterocycles. The zero-order chi connectivity index (χ0) is 17.2. The number of hydrogen-bond acceptors (Lipinski definition) is 5. The Kier molecular flexibility index (Phi) is 3.81. The molecule has 1 aromatic carbocycles. The van der Waals surface area contributed by atoms with Gasteiger partial charge < -0.3 is 14.1 Å². The molecule has 1 amide bonds. The Hall–Kier alpha value is -3.35. The predicted octanol–water partition coefficient (Wildman–Crippen LogP) is 3.02. The van der Waals surface area contributed by atoms with E-state index in [2.05, 4.69) is 10.2 Å². The van der Waals surface area contributed by atoms with Crippen molar-refractivity contribution in [2.45, 2.75) is 12.8 Å². The maximum Gasteiger partial charge on any atom is 0.361 e. The van der Waals surface area contributed by atoms with Crippen molar-refractivity contribution in [2.75, 3.05) is 11.4 Å². The first kappa shape index (κ1) is 15.2. The van der Waals surface area contributed by atoms with Crippen LogP contribution in [-0.2, 0) is 4.79 Å². The number of benzene rings is 1. The summed E-state index contributed by atoms with van der Waals surface area (Å²) in [5.74, 6) is 0.535. The maximum absolute atomic E-state index is 12.2. The van der Waals surface area contributed by atoms with Crippen LogP contribution in [0.3, 0.4) is 0 Å². The summed E-state index contributed by atoms with van der Waals surface area (Å²) in [5.41, 5.74) is 1.56. The molecule has 0 unspecified atom stereocenters. The van der Waals surface area contributed by atoms with Crippen molar-refractivity contribution in [1.82, 2.24) is 10.2 Å². The fourth-order valence-electron chi connectivity index (χ4n) is 2.75. The van der Waals surface area contributed by atoms with Crippen LogP contribution in [0.2, 0.25) is 0 Å². The lowest BCUT2D eigenvalue weighted by Crippen LogP contribution is -2.23. The number of anilines is 1. The molecule has 3 aromatic rings. The van der Waals surface area contributed by atoms with Crippen molar-refractivity contribution in [3.8, 4) is 17.2 Å². The number of carbonyl (C=O) groups is 2. The molecule has 3 heterocycles. The summed E-state index contributed by atoms with van der Waals surface area (Å²) >= 11 is 0. The average Bonchev–Trinajstić information content (AvgIpc) is 3.36. The van der Waals surface area contributed by atoms with Crippen molar-refractivity contribution < 1.29 is 18.7 Å². The lowest BCUT2D eigenvalue weighted by Gasteiger charge is -2.15. The van der Waals surface area contributed by atoms with Gasteiger partial charge in [0.05, 0.1) is 6.26 Å². The molecule has 7 nitrogen and oxygen atoms in total. The lowest BCUT2D eigenvalue weighted by atomic mass is 10.2. The SMILES string of the molecule is O=C(Oc1ccc(N2CCCC2=O)cc1)c1cc(-c2ccco2)n[nH]1. The van der Waals surface area contributed by atoms with Crippen LogP contribution in [0.25, 0.3) is 11.5 Å². The van der Waals surface area contributed by atoms with Gasteiger partial charge in [0.1, 0.15) is 17.1 Å². The van der Waals surface area contributed by atoms with E-state index in [-0.39, 0.29) is 11.6 Å². The van der Waals surface area contributed by atoms with Crippen LogP contribution >= 0.6 is 0 Å². The molecule has 0 radical (unpaired) electrons. The number of amides is 1. The van der Waals surface area contributed by atoms with Crippen molar-refractivity contribution in [1.29, 1.82) is 0 Å². The Balaban J connectivity index is 1.45. The molecule has 4 rings (SSSR count). The molecule has 0 aliphatic carbocycles. The highest BCUT2D eigenvalue weighted by molar-refractivity contribution is 5.95. The van der Waals surface area contributed by atoms with Crippen LogP contribution in [0.5, 0.6) is 5.75 Å². The minimum absolute atomic E-state index is 0.118. The van der Waals surface area contributed by atoms with Crippen LogP contribution in [0.4, 0.5) is 5.69 Å². The highest BCUT2D eigenvalue weighted by atomic mass is 16.5. The fraction of sp³-hybridized carbons (Fsp3) is 0.167. The number of aromatic nitrogens is 2. The summed E-state index contributed by atoms with van der Waals surface area (Å²) in [6, 6.07) is 11.9. The van der Waals surface area contributed by atoms with Crippen molar-refractivity contribution in [2.24, 2.45) is 0 Å². The van der Waals surface area contributed by atoms with Crippen LogP contribution < -0.4 is 9.64 Å². The molecule has 0 saturated carbocycles. The quantitative estimate of drug-likeness (QED) is 0.584. The molecular formula is C18H15N3O4. The Morgan fingerprint density at radius 3 is 2.76 bits per heavy atom. The van der Waals surface area contributed by atoms with Gasteiger partial charge in [-0.25, -0.2) is 4.79 Å². The zero-order valence-corrected chi connectivity index (χ0v) is 13.3. The second kappa shape index (κ2) is 6.27. The van der Waals surface area contributed by atoms with E-state index in [4.69, 9.17) is 9.15 Å². The Morgan fingerprint density at radius 1 is 1.24 bits per heavy atom. The molecule has 2 aromatic heterocycles. The van der Waals surface area contributed by atoms with Crippen molar-refractivity contribution >= 4 is 17.6 Å². The smallest absolute Gasteiger partial charge is 0.361 e. The van der Waals surface area contributed by atoms with E-state index in [0.29, 0.717) is 23.6 Å². The van der Waals surface area contributed by atoms with Gasteiger partial charge >= 0.3 is 5.97 Å². The molecule has 1 N–H and O–H groups in total. The Bertz CT molecular complexity index is 897. The number of rotatable bonds is 4. The third-order valence-electron chi connectivity index (χ3n) is 4.00. The fourth-order valence-corrected chi connectivity index (χ4v) is 2.75. The van der Waals surface area contributed by atoms with E-state index in [9.17, 15) is 9.59 Å². The van der Waals surface area contributed by atoms with Crippen LogP contribution in [-0.4, -0.2) is 28.6 Å². The highest BCUT2D eigenvalue weighted by Crippen LogP contribution is 2.24. The maximum atomic E-state index is 12.2. The number of carbonyl (C=O) groups excluding carboxylic acids is 2. The van der Waals surface area contributed by atoms with Gasteiger partial charge in [0, 0.05) is 24.7 Å². The molecule has 0 atom stereocenters. The van der Waals surface area contributed by atoms with E-state index in [1.54, 1.807) is 47.4 Å². The van der Waals surface area contributed by atoms with Crippen molar-refractivity contribution in [3.05, 3.63) is 54.4 Å². The number of hydrogen-bond donors (Lipinski definition) is 1. The monoisotopic (exact) mass is 337 g/mol. The third kappa shape index (κ3) is 3.03. The normalized spacial score (nSPS) is 14.1. The largest absolute Gasteiger partial charge is 0.463 e. The molecule has 7 heteroatoms. The van der Waals surface area contributed by atoms with Crippen LogP contribution in [0.15, 0.2) is 53.1 Å². The molecule has 0 spiro atoms.